The third-order valence-corrected chi connectivity index (χ3v) is 8.38. The van der Waals surface area contributed by atoms with Crippen molar-refractivity contribution in [1.82, 2.24) is 20.2 Å². The molecule has 194 valence electrons. The van der Waals surface area contributed by atoms with Gasteiger partial charge in [0.1, 0.15) is 12.1 Å². The zero-order valence-corrected chi connectivity index (χ0v) is 22.0. The number of nitrogens with one attached hydrogen (secondary N) is 1. The molecule has 2 saturated heterocycles. The Kier molecular flexibility index (Phi) is 7.98. The maximum atomic E-state index is 13.8. The largest absolute Gasteiger partial charge is 0.387 e. The lowest BCUT2D eigenvalue weighted by Crippen LogP contribution is -2.52. The zero-order valence-electron chi connectivity index (χ0n) is 20.5. The van der Waals surface area contributed by atoms with Crippen molar-refractivity contribution in [3.8, 4) is 0 Å². The summed E-state index contributed by atoms with van der Waals surface area (Å²) in [5.74, 6) is 0.830. The number of halogens is 2. The molecular weight excluding hydrogens is 501 g/mol. The molecule has 3 atom stereocenters. The highest BCUT2D eigenvalue weighted by Crippen LogP contribution is 2.42. The molecule has 36 heavy (non-hydrogen) atoms. The second-order valence-corrected chi connectivity index (χ2v) is 10.8. The van der Waals surface area contributed by atoms with Crippen LogP contribution < -0.4 is 10.2 Å². The fourth-order valence-electron chi connectivity index (χ4n) is 5.58. The van der Waals surface area contributed by atoms with Crippen molar-refractivity contribution in [2.45, 2.75) is 50.2 Å². The minimum Gasteiger partial charge on any atom is -0.387 e. The summed E-state index contributed by atoms with van der Waals surface area (Å²) in [5.41, 5.74) is 2.65. The number of amides is 1. The van der Waals surface area contributed by atoms with Gasteiger partial charge in [0.05, 0.1) is 27.8 Å². The third kappa shape index (κ3) is 5.34. The maximum absolute atomic E-state index is 13.8. The Hall–Kier alpha value is -1.97. The Labute approximate surface area is 221 Å². The summed E-state index contributed by atoms with van der Waals surface area (Å²) in [6.07, 6.45) is 3.56. The molecule has 0 spiro atoms. The van der Waals surface area contributed by atoms with Gasteiger partial charge in [-0.15, -0.1) is 0 Å². The number of hydrogen-bond acceptors (Lipinski definition) is 7. The molecule has 2 fully saturated rings. The number of fused-ring (bicyclic) bond motifs is 1. The fourth-order valence-corrected chi connectivity index (χ4v) is 5.88. The smallest absolute Gasteiger partial charge is 0.231 e. The van der Waals surface area contributed by atoms with E-state index in [-0.39, 0.29) is 17.7 Å². The van der Waals surface area contributed by atoms with Crippen LogP contribution >= 0.6 is 23.2 Å². The van der Waals surface area contributed by atoms with E-state index in [2.05, 4.69) is 27.1 Å². The van der Waals surface area contributed by atoms with Crippen LogP contribution in [0.1, 0.15) is 60.9 Å². The van der Waals surface area contributed by atoms with Crippen LogP contribution in [0.5, 0.6) is 0 Å². The molecule has 5 rings (SSSR count). The lowest BCUT2D eigenvalue weighted by molar-refractivity contribution is -0.133. The molecule has 1 aromatic carbocycles. The number of rotatable bonds is 6. The number of hydrogen-bond donors (Lipinski definition) is 2. The topological polar surface area (TPSA) is 90.8 Å². The summed E-state index contributed by atoms with van der Waals surface area (Å²) >= 11 is 12.5. The summed E-state index contributed by atoms with van der Waals surface area (Å²) < 4.78 is 5.47. The summed E-state index contributed by atoms with van der Waals surface area (Å²) in [6, 6.07) is 5.81. The first-order valence-corrected chi connectivity index (χ1v) is 13.5. The van der Waals surface area contributed by atoms with Crippen molar-refractivity contribution in [2.24, 2.45) is 0 Å². The summed E-state index contributed by atoms with van der Waals surface area (Å²) in [7, 11) is 0. The van der Waals surface area contributed by atoms with Crippen molar-refractivity contribution in [3.05, 3.63) is 51.4 Å². The summed E-state index contributed by atoms with van der Waals surface area (Å²) in [6.45, 7) is 6.69. The summed E-state index contributed by atoms with van der Waals surface area (Å²) in [5, 5.41) is 14.9. The van der Waals surface area contributed by atoms with Gasteiger partial charge in [-0.05, 0) is 42.9 Å². The second-order valence-electron chi connectivity index (χ2n) is 9.98. The van der Waals surface area contributed by atoms with Crippen molar-refractivity contribution in [2.75, 3.05) is 50.8 Å². The average Bonchev–Trinajstić information content (AvgIpc) is 3.20. The van der Waals surface area contributed by atoms with Gasteiger partial charge in [-0.3, -0.25) is 4.79 Å². The van der Waals surface area contributed by atoms with Crippen LogP contribution in [-0.4, -0.2) is 77.9 Å². The number of carbonyl (C=O) groups is 1. The number of nitrogens with zero attached hydrogens (tertiary/aromatic N) is 4. The van der Waals surface area contributed by atoms with Gasteiger partial charge in [-0.2, -0.15) is 0 Å². The first kappa shape index (κ1) is 25.7. The van der Waals surface area contributed by atoms with Crippen LogP contribution in [0, 0.1) is 0 Å². The molecule has 0 bridgehead atoms. The molecule has 2 N–H and O–H groups in total. The number of aliphatic hydroxyl groups is 1. The van der Waals surface area contributed by atoms with Crippen LogP contribution in [0.3, 0.4) is 0 Å². The second kappa shape index (κ2) is 11.2. The Morgan fingerprint density at radius 3 is 2.64 bits per heavy atom. The van der Waals surface area contributed by atoms with E-state index in [9.17, 15) is 9.90 Å². The number of anilines is 1. The van der Waals surface area contributed by atoms with Gasteiger partial charge in [-0.1, -0.05) is 36.2 Å². The lowest BCUT2D eigenvalue weighted by Gasteiger charge is -2.38. The van der Waals surface area contributed by atoms with Gasteiger partial charge < -0.3 is 25.0 Å². The average molecular weight is 534 g/mol. The Morgan fingerprint density at radius 2 is 1.92 bits per heavy atom. The van der Waals surface area contributed by atoms with E-state index in [1.165, 1.54) is 6.33 Å². The van der Waals surface area contributed by atoms with Crippen molar-refractivity contribution in [1.29, 1.82) is 0 Å². The molecule has 3 heterocycles. The van der Waals surface area contributed by atoms with Gasteiger partial charge in [0.15, 0.2) is 0 Å². The number of benzene rings is 1. The standard InChI is InChI=1S/C26H33Cl2N5O3/c1-16-12-22(34)24-23(16)25(31-15-30-24)32-6-8-33(9-7-32)26(35)19(14-29-18-4-10-36-11-5-18)17-2-3-20(27)21(28)13-17/h2-3,13,15-16,18-19,22,29,34H,4-12,14H2,1H3/t16?,19-,22-/m1/s1. The molecule has 1 aliphatic carbocycles. The van der Waals surface area contributed by atoms with Crippen LogP contribution in [0.2, 0.25) is 10.0 Å². The monoisotopic (exact) mass is 533 g/mol. The normalized spacial score (nSPS) is 23.6. The lowest BCUT2D eigenvalue weighted by atomic mass is 9.96. The van der Waals surface area contributed by atoms with Crippen molar-refractivity contribution >= 4 is 34.9 Å². The zero-order chi connectivity index (χ0) is 25.2. The van der Waals surface area contributed by atoms with E-state index < -0.39 is 6.10 Å². The SMILES string of the molecule is CC1C[C@@H](O)c2ncnc(N3CCN(C(=O)[C@H](CNC4CCOCC4)c4ccc(Cl)c(Cl)c4)CC3)c21. The van der Waals surface area contributed by atoms with E-state index in [4.69, 9.17) is 27.9 Å². The molecule has 3 aliphatic rings. The van der Waals surface area contributed by atoms with Gasteiger partial charge in [0.25, 0.3) is 0 Å². The molecule has 8 nitrogen and oxygen atoms in total. The maximum Gasteiger partial charge on any atom is 0.231 e. The first-order valence-electron chi connectivity index (χ1n) is 12.7. The van der Waals surface area contributed by atoms with Crippen molar-refractivity contribution < 1.29 is 14.6 Å². The highest BCUT2D eigenvalue weighted by atomic mass is 35.5. The minimum atomic E-state index is -0.533. The third-order valence-electron chi connectivity index (χ3n) is 7.65. The number of carbonyl (C=O) groups excluding carboxylic acids is 1. The molecular formula is C26H33Cl2N5O3. The van der Waals surface area contributed by atoms with Gasteiger partial charge in [0, 0.05) is 57.5 Å². The summed E-state index contributed by atoms with van der Waals surface area (Å²) in [4.78, 5) is 26.9. The van der Waals surface area contributed by atoms with E-state index in [0.29, 0.717) is 55.2 Å². The highest BCUT2D eigenvalue weighted by molar-refractivity contribution is 6.42. The van der Waals surface area contributed by atoms with E-state index in [0.717, 1.165) is 48.7 Å². The molecule has 2 aromatic rings. The minimum absolute atomic E-state index is 0.0873. The van der Waals surface area contributed by atoms with Crippen LogP contribution in [0.4, 0.5) is 5.82 Å². The molecule has 1 unspecified atom stereocenters. The number of aliphatic hydroxyl groups excluding tert-OH is 1. The number of ether oxygens (including phenoxy) is 1. The molecule has 10 heteroatoms. The quantitative estimate of drug-likeness (QED) is 0.586. The predicted octanol–water partition coefficient (Wildman–Crippen LogP) is 3.53. The molecule has 1 amide bonds. The van der Waals surface area contributed by atoms with Gasteiger partial charge in [-0.25, -0.2) is 9.97 Å². The van der Waals surface area contributed by atoms with Crippen LogP contribution in [-0.2, 0) is 9.53 Å². The Bertz CT molecular complexity index is 1090. The molecule has 2 aliphatic heterocycles. The van der Waals surface area contributed by atoms with Crippen molar-refractivity contribution in [3.63, 3.8) is 0 Å². The van der Waals surface area contributed by atoms with Gasteiger partial charge >= 0.3 is 0 Å². The fraction of sp³-hybridized carbons (Fsp3) is 0.577. The van der Waals surface area contributed by atoms with Gasteiger partial charge in [0.2, 0.25) is 5.91 Å². The van der Waals surface area contributed by atoms with E-state index >= 15 is 0 Å². The predicted molar refractivity (Wildman–Crippen MR) is 140 cm³/mol. The Balaban J connectivity index is 1.29. The molecule has 1 aromatic heterocycles. The highest BCUT2D eigenvalue weighted by Gasteiger charge is 2.35. The number of aromatic nitrogens is 2. The van der Waals surface area contributed by atoms with E-state index in [1.54, 1.807) is 6.07 Å². The van der Waals surface area contributed by atoms with E-state index in [1.807, 2.05) is 17.0 Å². The number of piperazine rings is 1. The van der Waals surface area contributed by atoms with Crippen LogP contribution in [0.25, 0.3) is 0 Å². The molecule has 0 radical (unpaired) electrons. The van der Waals surface area contributed by atoms with Crippen LogP contribution in [0.15, 0.2) is 24.5 Å². The first-order chi connectivity index (χ1) is 17.4. The Morgan fingerprint density at radius 1 is 1.17 bits per heavy atom. The molecule has 0 saturated carbocycles.